The molecule has 4 aromatic rings. The molecule has 10 atom stereocenters. The number of aliphatic hydroxyl groups is 1. The maximum atomic E-state index is 16.0. The number of alkyl halides is 1. The van der Waals surface area contributed by atoms with E-state index in [1.807, 2.05) is 0 Å². The van der Waals surface area contributed by atoms with Gasteiger partial charge in [0.2, 0.25) is 5.43 Å². The molecule has 23 heteroatoms. The molecule has 0 amide bonds. The highest BCUT2D eigenvalue weighted by molar-refractivity contribution is 8.44. The Morgan fingerprint density at radius 2 is 1.82 bits per heavy atom. The number of anilines is 1. The second-order valence-electron chi connectivity index (χ2n) is 9.97. The molecule has 0 spiro atoms. The van der Waals surface area contributed by atoms with Crippen molar-refractivity contribution in [3.63, 3.8) is 0 Å². The van der Waals surface area contributed by atoms with Gasteiger partial charge >= 0.3 is 13.5 Å². The minimum Gasteiger partial charge on any atom is -0.387 e. The number of nitrogens with two attached hydrogens (primary N) is 1. The third-order valence-corrected chi connectivity index (χ3v) is 10.5. The van der Waals surface area contributed by atoms with Crippen molar-refractivity contribution in [2.24, 2.45) is 0 Å². The number of hydrogen-bond acceptors (Lipinski definition) is 15. The first-order valence-electron chi connectivity index (χ1n) is 12.8. The van der Waals surface area contributed by atoms with Crippen molar-refractivity contribution in [3.05, 3.63) is 47.5 Å². The van der Waals surface area contributed by atoms with Crippen LogP contribution in [0, 0.1) is 0 Å². The average molecular weight is 693 g/mol. The van der Waals surface area contributed by atoms with Crippen molar-refractivity contribution in [1.82, 2.24) is 33.7 Å². The number of nitrogens with zero attached hydrogens (tertiary/aromatic N) is 7. The third-order valence-electron chi connectivity index (χ3n) is 7.28. The summed E-state index contributed by atoms with van der Waals surface area (Å²) in [4.78, 5) is 39.4. The van der Waals surface area contributed by atoms with E-state index in [9.17, 15) is 19.4 Å². The summed E-state index contributed by atoms with van der Waals surface area (Å²) >= 11 is 9.25. The maximum Gasteiger partial charge on any atom is 0.386 e. The SMILES string of the molecule is Nc1ncnc2c1ncn2[C@@H]1O[C@@H]2COP(O)(=S)O[C@@H]3[C@H](O)[C@@H](COP(=O)(S)O[C@H]2[C@@H]1F)O[C@H]3n1ccc(=O)c2nccn21. The van der Waals surface area contributed by atoms with E-state index in [-0.39, 0.29) is 28.1 Å². The predicted octanol–water partition coefficient (Wildman–Crippen LogP) is 0.484. The summed E-state index contributed by atoms with van der Waals surface area (Å²) < 4.78 is 67.4. The Bertz CT molecular complexity index is 1900. The Morgan fingerprint density at radius 1 is 1.05 bits per heavy atom. The van der Waals surface area contributed by atoms with Crippen LogP contribution in [0.3, 0.4) is 0 Å². The highest BCUT2D eigenvalue weighted by Gasteiger charge is 2.53. The number of thiol groups is 1. The average Bonchev–Trinajstić information content (AvgIpc) is 3.75. The first kappa shape index (κ1) is 30.3. The molecule has 18 nitrogen and oxygen atoms in total. The molecule has 7 rings (SSSR count). The van der Waals surface area contributed by atoms with E-state index in [1.54, 1.807) is 0 Å². The molecule has 4 N–H and O–H groups in total. The highest BCUT2D eigenvalue weighted by atomic mass is 32.7. The van der Waals surface area contributed by atoms with Crippen molar-refractivity contribution in [1.29, 1.82) is 0 Å². The van der Waals surface area contributed by atoms with Gasteiger partial charge in [-0.1, -0.05) is 12.2 Å². The van der Waals surface area contributed by atoms with Gasteiger partial charge in [0.15, 0.2) is 35.7 Å². The Morgan fingerprint density at radius 3 is 2.64 bits per heavy atom. The zero-order chi connectivity index (χ0) is 31.0. The van der Waals surface area contributed by atoms with Gasteiger partial charge in [0, 0.05) is 24.7 Å². The van der Waals surface area contributed by atoms with Crippen LogP contribution in [0.4, 0.5) is 10.2 Å². The Balaban J connectivity index is 1.21. The lowest BCUT2D eigenvalue weighted by Crippen LogP contribution is -2.36. The van der Waals surface area contributed by atoms with Gasteiger partial charge in [-0.2, -0.15) is 0 Å². The Hall–Kier alpha value is -2.39. The van der Waals surface area contributed by atoms with Crippen LogP contribution in [-0.2, 0) is 43.9 Å². The first-order valence-corrected chi connectivity index (χ1v) is 18.1. The summed E-state index contributed by atoms with van der Waals surface area (Å²) in [6.45, 7) is -9.76. The molecule has 0 aromatic carbocycles. The van der Waals surface area contributed by atoms with E-state index in [1.165, 1.54) is 51.1 Å². The topological polar surface area (TPSA) is 222 Å². The van der Waals surface area contributed by atoms with Gasteiger partial charge in [-0.15, -0.1) is 0 Å². The molecule has 3 fully saturated rings. The summed E-state index contributed by atoms with van der Waals surface area (Å²) in [7, 11) is 0. The number of aromatic nitrogens is 7. The van der Waals surface area contributed by atoms with Crippen molar-refractivity contribution < 1.29 is 46.5 Å². The van der Waals surface area contributed by atoms with Crippen LogP contribution in [-0.4, -0.2) is 93.6 Å². The fourth-order valence-electron chi connectivity index (χ4n) is 5.28. The minimum atomic E-state index is -4.36. The molecular formula is C21H23FN8O10P2S2. The molecule has 7 heterocycles. The summed E-state index contributed by atoms with van der Waals surface area (Å²) in [5.41, 5.74) is 5.87. The van der Waals surface area contributed by atoms with Crippen LogP contribution in [0.2, 0.25) is 0 Å². The Labute approximate surface area is 255 Å². The number of aliphatic hydroxyl groups excluding tert-OH is 1. The largest absolute Gasteiger partial charge is 0.387 e. The zero-order valence-electron chi connectivity index (χ0n) is 22.0. The van der Waals surface area contributed by atoms with Gasteiger partial charge in [-0.3, -0.25) is 27.6 Å². The molecule has 3 saturated heterocycles. The lowest BCUT2D eigenvalue weighted by Gasteiger charge is -2.28. The van der Waals surface area contributed by atoms with E-state index in [0.717, 1.165) is 0 Å². The van der Waals surface area contributed by atoms with E-state index in [4.69, 9.17) is 45.1 Å². The van der Waals surface area contributed by atoms with Crippen molar-refractivity contribution in [2.75, 3.05) is 18.9 Å². The van der Waals surface area contributed by atoms with Crippen LogP contribution in [0.25, 0.3) is 16.8 Å². The number of halogens is 1. The van der Waals surface area contributed by atoms with E-state index < -0.39 is 75.9 Å². The molecule has 0 radical (unpaired) electrons. The molecule has 3 aliphatic rings. The quantitative estimate of drug-likeness (QED) is 0.166. The molecule has 44 heavy (non-hydrogen) atoms. The normalized spacial score (nSPS) is 38.3. The van der Waals surface area contributed by atoms with Gasteiger partial charge in [-0.05, 0) is 11.8 Å². The Kier molecular flexibility index (Phi) is 7.67. The number of ether oxygens (including phenoxy) is 2. The van der Waals surface area contributed by atoms with E-state index in [2.05, 4.69) is 32.2 Å². The van der Waals surface area contributed by atoms with Gasteiger partial charge in [0.1, 0.15) is 42.4 Å². The third kappa shape index (κ3) is 5.29. The summed E-state index contributed by atoms with van der Waals surface area (Å²) in [6.07, 6.45) is -5.11. The number of hydrogen-bond donors (Lipinski definition) is 4. The van der Waals surface area contributed by atoms with Crippen LogP contribution in [0.5, 0.6) is 0 Å². The zero-order valence-corrected chi connectivity index (χ0v) is 25.5. The van der Waals surface area contributed by atoms with Gasteiger partial charge in [0.05, 0.1) is 19.5 Å². The van der Waals surface area contributed by atoms with E-state index >= 15 is 4.39 Å². The molecule has 2 bridgehead atoms. The van der Waals surface area contributed by atoms with Crippen LogP contribution < -0.4 is 11.2 Å². The number of rotatable bonds is 2. The standard InChI is InChI=1S/C21H23FN8O10P2S2/c22-12-15-11(38-20(12)28-8-27-13-17(23)25-7-26-19(13)28)6-36-42(34,44)40-16-14(32)10(5-35-41(33,43)39-15)37-21(16)30-3-1-9(31)18-24-2-4-29(18)30/h1-4,7-8,10-12,14-16,20-21,32H,5-6H2,(H,33,43)(H,34,44)(H2,23,25,26)/t10-,11-,12+,14-,15-,16-,20-,21-,41?,42?/m1/s1. The maximum absolute atomic E-state index is 16.0. The van der Waals surface area contributed by atoms with Crippen molar-refractivity contribution in [2.45, 2.75) is 49.1 Å². The fraction of sp³-hybridized carbons (Fsp3) is 0.476. The first-order chi connectivity index (χ1) is 20.9. The predicted molar refractivity (Wildman–Crippen MR) is 153 cm³/mol. The van der Waals surface area contributed by atoms with Crippen LogP contribution in [0.15, 0.2) is 42.1 Å². The van der Waals surface area contributed by atoms with Gasteiger partial charge < -0.3 is 29.7 Å². The fourth-order valence-corrected chi connectivity index (χ4v) is 8.17. The number of imidazole rings is 2. The lowest BCUT2D eigenvalue weighted by atomic mass is 10.1. The highest BCUT2D eigenvalue weighted by Crippen LogP contribution is 2.58. The second kappa shape index (κ2) is 11.1. The molecular weight excluding hydrogens is 669 g/mol. The monoisotopic (exact) mass is 692 g/mol. The summed E-state index contributed by atoms with van der Waals surface area (Å²) in [5, 5.41) is 11.1. The van der Waals surface area contributed by atoms with Gasteiger partial charge in [-0.25, -0.2) is 33.4 Å². The molecule has 0 saturated carbocycles. The molecule has 236 valence electrons. The molecule has 2 unspecified atom stereocenters. The number of nitrogen functional groups attached to an aromatic ring is 1. The van der Waals surface area contributed by atoms with Crippen molar-refractivity contribution in [3.8, 4) is 0 Å². The summed E-state index contributed by atoms with van der Waals surface area (Å²) in [5.74, 6) is 0.0592. The van der Waals surface area contributed by atoms with E-state index in [0.29, 0.717) is 0 Å². The van der Waals surface area contributed by atoms with Crippen LogP contribution in [0.1, 0.15) is 12.5 Å². The summed E-state index contributed by atoms with van der Waals surface area (Å²) in [6, 6.07) is 1.23. The minimum absolute atomic E-state index is 0.0472. The van der Waals surface area contributed by atoms with Crippen molar-refractivity contribution >= 4 is 60.2 Å². The smallest absolute Gasteiger partial charge is 0.386 e. The molecule has 0 aliphatic carbocycles. The molecule has 4 aromatic heterocycles. The number of fused-ring (bicyclic) bond motifs is 5. The lowest BCUT2D eigenvalue weighted by molar-refractivity contribution is -0.0654. The van der Waals surface area contributed by atoms with Crippen LogP contribution >= 0.6 is 25.8 Å². The van der Waals surface area contributed by atoms with Gasteiger partial charge in [0.25, 0.3) is 0 Å². The molecule has 3 aliphatic heterocycles. The second-order valence-corrected chi connectivity index (χ2v) is 15.6.